The van der Waals surface area contributed by atoms with Gasteiger partial charge in [-0.05, 0) is 45.7 Å². The van der Waals surface area contributed by atoms with Crippen molar-refractivity contribution in [2.75, 3.05) is 19.6 Å². The molecule has 2 N–H and O–H groups in total. The number of aliphatic carboxylic acids is 1. The van der Waals surface area contributed by atoms with Crippen LogP contribution in [0.2, 0.25) is 0 Å². The lowest BCUT2D eigenvalue weighted by molar-refractivity contribution is -0.144. The van der Waals surface area contributed by atoms with Gasteiger partial charge >= 0.3 is 5.97 Å². The third-order valence-corrected chi connectivity index (χ3v) is 3.80. The Morgan fingerprint density at radius 2 is 2.06 bits per heavy atom. The fourth-order valence-electron chi connectivity index (χ4n) is 2.31. The van der Waals surface area contributed by atoms with E-state index < -0.39 is 11.5 Å². The molecule has 0 amide bonds. The summed E-state index contributed by atoms with van der Waals surface area (Å²) in [6.07, 6.45) is 5.66. The van der Waals surface area contributed by atoms with E-state index in [-0.39, 0.29) is 0 Å². The first kappa shape index (κ1) is 15.4. The van der Waals surface area contributed by atoms with Crippen LogP contribution in [-0.2, 0) is 4.79 Å². The number of carbonyl (C=O) groups is 1. The topological polar surface area (TPSA) is 52.6 Å². The van der Waals surface area contributed by atoms with Crippen LogP contribution in [0.15, 0.2) is 0 Å². The molecule has 1 aliphatic rings. The Balaban J connectivity index is 2.45. The second-order valence-corrected chi connectivity index (χ2v) is 5.54. The number of hydrogen-bond donors (Lipinski definition) is 2. The molecule has 106 valence electrons. The number of hydrogen-bond acceptors (Lipinski definition) is 3. The lowest BCUT2D eigenvalue weighted by Crippen LogP contribution is -2.51. The van der Waals surface area contributed by atoms with E-state index in [1.54, 1.807) is 6.92 Å². The van der Waals surface area contributed by atoms with E-state index in [2.05, 4.69) is 17.1 Å². The van der Waals surface area contributed by atoms with Crippen LogP contribution in [0.3, 0.4) is 0 Å². The van der Waals surface area contributed by atoms with Gasteiger partial charge in [0, 0.05) is 12.6 Å². The van der Waals surface area contributed by atoms with Crippen LogP contribution in [0.1, 0.15) is 52.9 Å². The van der Waals surface area contributed by atoms with Crippen LogP contribution in [0.4, 0.5) is 0 Å². The van der Waals surface area contributed by atoms with Crippen LogP contribution in [0.5, 0.6) is 0 Å². The van der Waals surface area contributed by atoms with E-state index in [1.807, 2.05) is 6.92 Å². The van der Waals surface area contributed by atoms with Crippen molar-refractivity contribution in [1.29, 1.82) is 0 Å². The van der Waals surface area contributed by atoms with Crippen LogP contribution >= 0.6 is 0 Å². The maximum Gasteiger partial charge on any atom is 0.323 e. The maximum atomic E-state index is 11.3. The molecule has 0 heterocycles. The second-order valence-electron chi connectivity index (χ2n) is 5.54. The van der Waals surface area contributed by atoms with E-state index in [0.717, 1.165) is 19.1 Å². The van der Waals surface area contributed by atoms with Gasteiger partial charge in [-0.3, -0.25) is 4.79 Å². The number of nitrogens with zero attached hydrogens (tertiary/aromatic N) is 1. The third kappa shape index (κ3) is 4.58. The number of rotatable bonds is 10. The third-order valence-electron chi connectivity index (χ3n) is 3.80. The molecule has 0 aromatic rings. The molecule has 4 nitrogen and oxygen atoms in total. The van der Waals surface area contributed by atoms with Crippen LogP contribution in [0.25, 0.3) is 0 Å². The van der Waals surface area contributed by atoms with Gasteiger partial charge in [0.2, 0.25) is 0 Å². The highest BCUT2D eigenvalue weighted by Crippen LogP contribution is 2.28. The van der Waals surface area contributed by atoms with E-state index in [0.29, 0.717) is 13.0 Å². The highest BCUT2D eigenvalue weighted by Gasteiger charge is 2.35. The maximum absolute atomic E-state index is 11.3. The summed E-state index contributed by atoms with van der Waals surface area (Å²) < 4.78 is 0. The monoisotopic (exact) mass is 256 g/mol. The molecule has 4 heteroatoms. The minimum absolute atomic E-state index is 0.677. The van der Waals surface area contributed by atoms with Gasteiger partial charge in [-0.25, -0.2) is 0 Å². The number of nitrogens with one attached hydrogen (secondary N) is 1. The Bertz CT molecular complexity index is 267. The fraction of sp³-hybridized carbons (Fsp3) is 0.929. The molecule has 0 aromatic heterocycles. The molecule has 0 aliphatic heterocycles. The normalized spacial score (nSPS) is 18.9. The fourth-order valence-corrected chi connectivity index (χ4v) is 2.31. The van der Waals surface area contributed by atoms with Gasteiger partial charge in [0.15, 0.2) is 0 Å². The van der Waals surface area contributed by atoms with Crippen molar-refractivity contribution in [2.45, 2.75) is 64.5 Å². The first-order valence-corrected chi connectivity index (χ1v) is 7.26. The highest BCUT2D eigenvalue weighted by molar-refractivity contribution is 5.78. The molecule has 1 rings (SSSR count). The molecule has 0 bridgehead atoms. The summed E-state index contributed by atoms with van der Waals surface area (Å²) in [5.41, 5.74) is -0.784. The molecule has 1 aliphatic carbocycles. The summed E-state index contributed by atoms with van der Waals surface area (Å²) in [5.74, 6) is -0.740. The molecule has 1 atom stereocenters. The van der Waals surface area contributed by atoms with Crippen molar-refractivity contribution in [1.82, 2.24) is 10.2 Å². The minimum Gasteiger partial charge on any atom is -0.480 e. The minimum atomic E-state index is -0.784. The lowest BCUT2D eigenvalue weighted by Gasteiger charge is -2.30. The van der Waals surface area contributed by atoms with Crippen LogP contribution in [-0.4, -0.2) is 47.2 Å². The Labute approximate surface area is 111 Å². The standard InChI is InChI=1S/C14H28N2O2/c1-4-6-10-16(12-7-8-12)11-9-14(3,13(17)18)15-5-2/h12,15H,4-11H2,1-3H3,(H,17,18). The summed E-state index contributed by atoms with van der Waals surface area (Å²) in [5, 5.41) is 12.4. The predicted molar refractivity (Wildman–Crippen MR) is 73.8 cm³/mol. The largest absolute Gasteiger partial charge is 0.480 e. The zero-order valence-electron chi connectivity index (χ0n) is 12.0. The summed E-state index contributed by atoms with van der Waals surface area (Å²) >= 11 is 0. The number of unbranched alkanes of at least 4 members (excludes halogenated alkanes) is 1. The van der Waals surface area contributed by atoms with Crippen molar-refractivity contribution in [3.05, 3.63) is 0 Å². The Morgan fingerprint density at radius 1 is 1.39 bits per heavy atom. The quantitative estimate of drug-likeness (QED) is 0.628. The molecule has 0 radical (unpaired) electrons. The van der Waals surface area contributed by atoms with Crippen molar-refractivity contribution in [3.63, 3.8) is 0 Å². The Kier molecular flexibility index (Phi) is 6.09. The van der Waals surface area contributed by atoms with Gasteiger partial charge < -0.3 is 15.3 Å². The summed E-state index contributed by atoms with van der Waals surface area (Å²) in [7, 11) is 0. The highest BCUT2D eigenvalue weighted by atomic mass is 16.4. The molecular formula is C14H28N2O2. The first-order valence-electron chi connectivity index (χ1n) is 7.26. The molecule has 18 heavy (non-hydrogen) atoms. The van der Waals surface area contributed by atoms with Crippen LogP contribution in [0, 0.1) is 0 Å². The van der Waals surface area contributed by atoms with E-state index in [4.69, 9.17) is 0 Å². The van der Waals surface area contributed by atoms with E-state index in [1.165, 1.54) is 25.7 Å². The Hall–Kier alpha value is -0.610. The number of carboxylic acids is 1. The summed E-state index contributed by atoms with van der Waals surface area (Å²) in [6, 6.07) is 0.719. The molecule has 0 aromatic carbocycles. The molecule has 0 saturated heterocycles. The van der Waals surface area contributed by atoms with Gasteiger partial charge in [0.25, 0.3) is 0 Å². The molecule has 0 spiro atoms. The lowest BCUT2D eigenvalue weighted by atomic mass is 9.97. The van der Waals surface area contributed by atoms with E-state index >= 15 is 0 Å². The zero-order valence-corrected chi connectivity index (χ0v) is 12.0. The molecule has 1 unspecified atom stereocenters. The average molecular weight is 256 g/mol. The molecule has 1 saturated carbocycles. The number of carboxylic acid groups (broad SMARTS) is 1. The zero-order chi connectivity index (χ0) is 13.6. The van der Waals surface area contributed by atoms with Crippen molar-refractivity contribution >= 4 is 5.97 Å². The van der Waals surface area contributed by atoms with Gasteiger partial charge in [-0.15, -0.1) is 0 Å². The SMILES string of the molecule is CCCCN(CCC(C)(NCC)C(=O)O)C1CC1. The van der Waals surface area contributed by atoms with Gasteiger partial charge in [0.1, 0.15) is 5.54 Å². The number of likely N-dealkylation sites (N-methyl/N-ethyl adjacent to an activating group) is 1. The van der Waals surface area contributed by atoms with Gasteiger partial charge in [0.05, 0.1) is 0 Å². The van der Waals surface area contributed by atoms with Gasteiger partial charge in [-0.1, -0.05) is 20.3 Å². The van der Waals surface area contributed by atoms with Crippen molar-refractivity contribution < 1.29 is 9.90 Å². The van der Waals surface area contributed by atoms with Crippen molar-refractivity contribution in [3.8, 4) is 0 Å². The Morgan fingerprint density at radius 3 is 2.50 bits per heavy atom. The molecule has 1 fully saturated rings. The second kappa shape index (κ2) is 7.10. The average Bonchev–Trinajstić information content (AvgIpc) is 3.13. The van der Waals surface area contributed by atoms with Gasteiger partial charge in [-0.2, -0.15) is 0 Å². The summed E-state index contributed by atoms with van der Waals surface area (Å²) in [6.45, 7) is 8.65. The molecular weight excluding hydrogens is 228 g/mol. The summed E-state index contributed by atoms with van der Waals surface area (Å²) in [4.78, 5) is 13.8. The first-order chi connectivity index (χ1) is 8.53. The smallest absolute Gasteiger partial charge is 0.323 e. The predicted octanol–water partition coefficient (Wildman–Crippen LogP) is 2.09. The van der Waals surface area contributed by atoms with Crippen molar-refractivity contribution in [2.24, 2.45) is 0 Å². The van der Waals surface area contributed by atoms with Crippen LogP contribution < -0.4 is 5.32 Å². The van der Waals surface area contributed by atoms with E-state index in [9.17, 15) is 9.90 Å².